The van der Waals surface area contributed by atoms with Gasteiger partial charge in [-0.1, -0.05) is 85.2 Å². The number of hydrogen-bond acceptors (Lipinski definition) is 27. The summed E-state index contributed by atoms with van der Waals surface area (Å²) < 4.78 is 92.7. The molecule has 37 heteroatoms. The van der Waals surface area contributed by atoms with Crippen LogP contribution in [0.5, 0.6) is 46.0 Å². The van der Waals surface area contributed by atoms with Gasteiger partial charge in [0.25, 0.3) is 18.1 Å². The van der Waals surface area contributed by atoms with Crippen molar-refractivity contribution < 1.29 is 243 Å². The number of aromatic hydroxyl groups is 1. The number of halogens is 3. The Kier molecular flexibility index (Phi) is 54.6. The molecule has 0 fully saturated rings. The number of alkyl halides is 3. The van der Waals surface area contributed by atoms with Crippen molar-refractivity contribution >= 4 is 89.2 Å². The van der Waals surface area contributed by atoms with Gasteiger partial charge in [-0.05, 0) is 150 Å². The van der Waals surface area contributed by atoms with E-state index in [0.717, 1.165) is 29.0 Å². The summed E-state index contributed by atoms with van der Waals surface area (Å²) in [5.41, 5.74) is 2.63. The van der Waals surface area contributed by atoms with Crippen LogP contribution in [0.4, 0.5) is 18.9 Å². The maximum absolute atomic E-state index is 13.7. The van der Waals surface area contributed by atoms with Crippen LogP contribution >= 0.6 is 7.92 Å². The van der Waals surface area contributed by atoms with Crippen LogP contribution < -0.4 is 168 Å². The van der Waals surface area contributed by atoms with Crippen molar-refractivity contribution in [2.45, 2.75) is 111 Å². The van der Waals surface area contributed by atoms with Gasteiger partial charge in [0.15, 0.2) is 51.8 Å². The average molecular weight is 1710 g/mol. The van der Waals surface area contributed by atoms with E-state index in [4.69, 9.17) is 58.3 Å². The number of unbranched alkanes of at least 4 members (excludes halogenated alkanes) is 1. The molecule has 31 nitrogen and oxygen atoms in total. The van der Waals surface area contributed by atoms with E-state index in [9.17, 15) is 66.7 Å². The molecule has 0 saturated heterocycles. The minimum atomic E-state index is -4.94. The number of oxime groups is 1. The van der Waals surface area contributed by atoms with Crippen LogP contribution in [0.25, 0.3) is 0 Å². The number of carboxylic acids is 1. The zero-order valence-corrected chi connectivity index (χ0v) is 74.8. The van der Waals surface area contributed by atoms with E-state index in [-0.39, 0.29) is 201 Å². The Morgan fingerprint density at radius 1 is 0.564 bits per heavy atom. The van der Waals surface area contributed by atoms with Gasteiger partial charge in [-0.25, -0.2) is 4.79 Å². The average Bonchev–Trinajstić information content (AvgIpc) is 0.780. The molecule has 0 aliphatic heterocycles. The number of carbonyl (C=O) groups is 9. The van der Waals surface area contributed by atoms with Crippen molar-refractivity contribution in [1.29, 1.82) is 0 Å². The summed E-state index contributed by atoms with van der Waals surface area (Å²) in [7, 11) is 9.83. The molecular weight excluding hydrogens is 1620 g/mol. The summed E-state index contributed by atoms with van der Waals surface area (Å²) >= 11 is 0. The number of ether oxygens (including phenoxy) is 11. The first-order valence-electron chi connectivity index (χ1n) is 35.0. The number of nitrogens with zero attached hydrogens (tertiary/aromatic N) is 2. The van der Waals surface area contributed by atoms with E-state index in [2.05, 4.69) is 29.6 Å². The van der Waals surface area contributed by atoms with Crippen LogP contribution in [0.15, 0.2) is 151 Å². The van der Waals surface area contributed by atoms with Crippen LogP contribution in [0.3, 0.4) is 0 Å². The number of carbonyl (C=O) groups excluding carboxylic acids is 8. The third kappa shape index (κ3) is 39.2. The minimum absolute atomic E-state index is 0. The van der Waals surface area contributed by atoms with E-state index < -0.39 is 54.9 Å². The van der Waals surface area contributed by atoms with Gasteiger partial charge in [-0.3, -0.25) is 48.5 Å². The molecule has 0 bridgehead atoms. The van der Waals surface area contributed by atoms with Gasteiger partial charge in [-0.2, -0.15) is 13.2 Å². The standard InChI is InChI=1S/C34H33N2O9P.C16H20F3NO5.C14H19NO5.C9H10O3.C6H12O2.CH2O3.2K.H/c1-22(27-20-29(43-2)30(21-28(27)36(41)42)45-18-10-15-32(37)38)35-33(39)23-16-17-26(34(40)44-3)31(19-23)46(24-11-6-4-7-12-24)25-13-8-5-9-14-25;1-10(20-15(22)16(17,18)19)11-6-7-12(13(9-11)23-2)25-8-4-5-14(21)24-3;1-10(15-17)11-6-7-12(13(9-11)18-2)20-8-4-5-14(16)19-3;1-6(10)7-3-4-8(11)9(5-7)12-2;1-3-4-5-6(7)8-2;2-1-4-3;;;/h4-9,11-14,16-17,19-22H,10,15,18H2,1-3H3,(H,35,39)(H,37,38);6-7,9-10H,4-5,8H2,1-3H3,(H,20,22);6-7,9,17H,4-5,8H2,1-3H3;3-5,11H,1-2H3;3-5H2,1-2H3;1,3H;;;/q;;;;;;2*+1;-1/p-1/b;;15-10-;;;;;;. The van der Waals surface area contributed by atoms with Gasteiger partial charge in [0.1, 0.15) is 0 Å². The molecule has 7 aromatic carbocycles. The molecule has 0 aliphatic rings. The number of hydrogen-bond donors (Lipinski definition) is 5. The molecule has 0 aliphatic carbocycles. The third-order valence-corrected chi connectivity index (χ3v) is 18.2. The van der Waals surface area contributed by atoms with Crippen molar-refractivity contribution in [1.82, 2.24) is 10.6 Å². The van der Waals surface area contributed by atoms with Crippen molar-refractivity contribution in [3.63, 3.8) is 0 Å². The summed E-state index contributed by atoms with van der Waals surface area (Å²) in [5, 5.41) is 57.6. The van der Waals surface area contributed by atoms with Crippen LogP contribution in [-0.4, -0.2) is 163 Å². The Labute approximate surface area is 763 Å². The predicted octanol–water partition coefficient (Wildman–Crippen LogP) is 5.38. The number of nitro groups is 1. The fraction of sp³-hybridized carbons (Fsp3) is 0.350. The number of nitro benzene ring substituents is 1. The number of carboxylic acid groups (broad SMARTS) is 1. The quantitative estimate of drug-likeness (QED) is 0.00270. The number of rotatable bonds is 35. The molecule has 626 valence electrons. The van der Waals surface area contributed by atoms with Crippen molar-refractivity contribution in [2.24, 2.45) is 5.16 Å². The summed E-state index contributed by atoms with van der Waals surface area (Å²) in [6, 6.07) is 39.3. The first-order valence-corrected chi connectivity index (χ1v) is 36.3. The fourth-order valence-corrected chi connectivity index (χ4v) is 12.1. The Hall–Kier alpha value is -9.31. The molecule has 117 heavy (non-hydrogen) atoms. The fourth-order valence-electron chi connectivity index (χ4n) is 9.65. The van der Waals surface area contributed by atoms with E-state index in [1.54, 1.807) is 50.2 Å². The number of phenols is 1. The minimum Gasteiger partial charge on any atom is -1.00 e. The summed E-state index contributed by atoms with van der Waals surface area (Å²) in [6.45, 7) is 8.69. The Balaban J connectivity index is 0. The van der Waals surface area contributed by atoms with Gasteiger partial charge < -0.3 is 89.7 Å². The molecule has 7 aromatic rings. The molecule has 0 heterocycles. The van der Waals surface area contributed by atoms with Gasteiger partial charge in [0, 0.05) is 47.7 Å². The van der Waals surface area contributed by atoms with Crippen molar-refractivity contribution in [3.8, 4) is 46.0 Å². The monoisotopic (exact) mass is 1710 g/mol. The number of methoxy groups -OCH3 is 8. The third-order valence-electron chi connectivity index (χ3n) is 15.7. The summed E-state index contributed by atoms with van der Waals surface area (Å²) in [4.78, 5) is 114. The topological polar surface area (TPSA) is 428 Å². The van der Waals surface area contributed by atoms with Crippen LogP contribution in [0.2, 0.25) is 0 Å². The number of nitrogens with one attached hydrogen (secondary N) is 2. The number of ketones is 1. The molecule has 2 unspecified atom stereocenters. The summed E-state index contributed by atoms with van der Waals surface area (Å²) in [5.74, 6) is -2.35. The number of phenolic OH excluding ortho intramolecular Hbond substituents is 1. The number of esters is 4. The van der Waals surface area contributed by atoms with E-state index in [1.165, 1.54) is 119 Å². The number of Topliss-reactive ketones (excluding diaryl/α,β-unsaturated/α-hetero) is 1. The zero-order chi connectivity index (χ0) is 86.2. The second kappa shape index (κ2) is 59.4. The zero-order valence-electron chi connectivity index (χ0n) is 68.7. The van der Waals surface area contributed by atoms with E-state index in [1.807, 2.05) is 72.9 Å². The van der Waals surface area contributed by atoms with Gasteiger partial charge in [0.05, 0.1) is 117 Å². The second-order valence-corrected chi connectivity index (χ2v) is 25.8. The van der Waals surface area contributed by atoms with Gasteiger partial charge in [0.2, 0.25) is 0 Å². The number of benzene rings is 7. The summed E-state index contributed by atoms with van der Waals surface area (Å²) in [6.07, 6.45) is -0.787. The number of aliphatic carboxylic acids is 1. The van der Waals surface area contributed by atoms with Gasteiger partial charge in [-0.15, -0.1) is 0 Å². The smallest absolute Gasteiger partial charge is 1.00 e. The molecule has 5 N–H and O–H groups in total. The largest absolute Gasteiger partial charge is 1.00 e. The van der Waals surface area contributed by atoms with Crippen LogP contribution in [0, 0.1) is 10.1 Å². The van der Waals surface area contributed by atoms with Crippen LogP contribution in [-0.2, 0) is 52.6 Å². The molecule has 0 aromatic heterocycles. The van der Waals surface area contributed by atoms with Gasteiger partial charge >= 0.3 is 145 Å². The van der Waals surface area contributed by atoms with E-state index in [0.29, 0.717) is 88.7 Å². The predicted molar refractivity (Wildman–Crippen MR) is 415 cm³/mol. The maximum Gasteiger partial charge on any atom is 1.00 e. The molecule has 7 rings (SSSR count). The first kappa shape index (κ1) is 108. The second-order valence-electron chi connectivity index (χ2n) is 23.6. The van der Waals surface area contributed by atoms with Crippen molar-refractivity contribution in [3.05, 3.63) is 189 Å². The molecular formula is C80H96F3K2N4O27P. The number of amides is 2. The van der Waals surface area contributed by atoms with Crippen LogP contribution in [0.1, 0.15) is 154 Å². The maximum atomic E-state index is 13.7. The molecule has 2 atom stereocenters. The van der Waals surface area contributed by atoms with Crippen molar-refractivity contribution in [2.75, 3.05) is 76.7 Å². The molecule has 0 spiro atoms. The molecule has 0 saturated carbocycles. The molecule has 0 radical (unpaired) electrons. The Bertz CT molecular complexity index is 4290. The Morgan fingerprint density at radius 2 is 1.02 bits per heavy atom. The molecule has 2 amide bonds. The first-order chi connectivity index (χ1) is 54.8. The van der Waals surface area contributed by atoms with E-state index >= 15 is 0 Å². The Morgan fingerprint density at radius 3 is 1.46 bits per heavy atom. The SMILES string of the molecule is CCCCC(=O)OC.COC(=O)CCCOc1ccc(/C(C)=N\O)cc1OC.COC(=O)CCCOc1ccc(C(C)NC(=O)C(F)(F)F)cc1OC.COC(=O)c1ccc(C(=O)NC(C)c2cc(OC)c(OCCCC(=O)O)cc2[N+](=O)[O-])cc1P(c1ccccc1)c1ccccc1.COc1cc(C(C)=O)ccc1O.O=CO[O-].[H-].[K+].[K+]. The normalized spacial score (nSPS) is 10.7.